The van der Waals surface area contributed by atoms with Gasteiger partial charge in [-0.1, -0.05) is 11.6 Å². The fraction of sp³-hybridized carbons (Fsp3) is 0.630. The number of piperazine rings is 1. The highest BCUT2D eigenvalue weighted by Crippen LogP contribution is 2.29. The molecule has 0 aromatic heterocycles. The Bertz CT molecular complexity index is 1060. The van der Waals surface area contributed by atoms with Gasteiger partial charge >= 0.3 is 12.1 Å². The average molecular weight is 548 g/mol. The van der Waals surface area contributed by atoms with E-state index in [1.54, 1.807) is 18.2 Å². The molecule has 38 heavy (non-hydrogen) atoms. The number of anilines is 1. The number of likely N-dealkylation sites (tertiary alicyclic amines) is 1. The van der Waals surface area contributed by atoms with Crippen molar-refractivity contribution in [3.05, 3.63) is 28.8 Å². The number of benzene rings is 1. The number of ether oxygens (including phenoxy) is 1. The number of urea groups is 1. The molecule has 1 N–H and O–H groups in total. The molecule has 0 atom stereocenters. The lowest BCUT2D eigenvalue weighted by molar-refractivity contribution is -0.120. The summed E-state index contributed by atoms with van der Waals surface area (Å²) in [4.78, 5) is 56.7. The van der Waals surface area contributed by atoms with Crippen LogP contribution < -0.4 is 10.2 Å². The van der Waals surface area contributed by atoms with Crippen LogP contribution in [0.2, 0.25) is 5.02 Å². The minimum atomic E-state index is -0.531. The van der Waals surface area contributed by atoms with Crippen LogP contribution in [0, 0.1) is 5.92 Å². The van der Waals surface area contributed by atoms with Gasteiger partial charge in [0.2, 0.25) is 5.91 Å². The summed E-state index contributed by atoms with van der Waals surface area (Å²) in [5.41, 5.74) is 0.428. The van der Waals surface area contributed by atoms with Gasteiger partial charge in [-0.05, 0) is 70.7 Å². The normalized spacial score (nSPS) is 19.9. The summed E-state index contributed by atoms with van der Waals surface area (Å²) in [7, 11) is 0. The van der Waals surface area contributed by atoms with E-state index in [2.05, 4.69) is 10.2 Å². The van der Waals surface area contributed by atoms with E-state index in [9.17, 15) is 19.2 Å². The van der Waals surface area contributed by atoms with Crippen molar-refractivity contribution in [3.8, 4) is 0 Å². The lowest BCUT2D eigenvalue weighted by atomic mass is 9.93. The lowest BCUT2D eigenvalue weighted by Crippen LogP contribution is -2.50. The molecule has 10 nitrogen and oxygen atoms in total. The van der Waals surface area contributed by atoms with Crippen LogP contribution in [0.4, 0.5) is 15.3 Å². The molecule has 3 aliphatic rings. The maximum Gasteiger partial charge on any atom is 0.410 e. The molecule has 0 saturated carbocycles. The van der Waals surface area contributed by atoms with Crippen molar-refractivity contribution >= 4 is 41.2 Å². The Morgan fingerprint density at radius 2 is 1.68 bits per heavy atom. The van der Waals surface area contributed by atoms with Crippen molar-refractivity contribution in [2.45, 2.75) is 52.1 Å². The van der Waals surface area contributed by atoms with Crippen LogP contribution in [0.1, 0.15) is 56.8 Å². The molecule has 3 saturated heterocycles. The number of carbonyl (C=O) groups is 4. The maximum absolute atomic E-state index is 13.2. The first-order valence-electron chi connectivity index (χ1n) is 13.4. The number of rotatable bonds is 5. The van der Waals surface area contributed by atoms with E-state index in [-0.39, 0.29) is 30.9 Å². The van der Waals surface area contributed by atoms with Crippen molar-refractivity contribution in [2.75, 3.05) is 57.3 Å². The van der Waals surface area contributed by atoms with Crippen molar-refractivity contribution in [2.24, 2.45) is 5.92 Å². The number of nitrogens with one attached hydrogen (secondary N) is 1. The van der Waals surface area contributed by atoms with E-state index < -0.39 is 11.6 Å². The summed E-state index contributed by atoms with van der Waals surface area (Å²) >= 11 is 6.32. The third-order valence-electron chi connectivity index (χ3n) is 7.32. The number of imide groups is 1. The molecule has 0 spiro atoms. The van der Waals surface area contributed by atoms with Gasteiger partial charge in [-0.15, -0.1) is 0 Å². The first-order chi connectivity index (χ1) is 18.0. The highest BCUT2D eigenvalue weighted by Gasteiger charge is 2.29. The largest absolute Gasteiger partial charge is 0.444 e. The van der Waals surface area contributed by atoms with E-state index >= 15 is 0 Å². The summed E-state index contributed by atoms with van der Waals surface area (Å²) in [5, 5.41) is 2.64. The highest BCUT2D eigenvalue weighted by molar-refractivity contribution is 6.34. The first kappa shape index (κ1) is 28.2. The predicted octanol–water partition coefficient (Wildman–Crippen LogP) is 3.58. The monoisotopic (exact) mass is 547 g/mol. The van der Waals surface area contributed by atoms with Crippen molar-refractivity contribution in [1.82, 2.24) is 20.0 Å². The van der Waals surface area contributed by atoms with Crippen LogP contribution in [0.25, 0.3) is 0 Å². The fourth-order valence-corrected chi connectivity index (χ4v) is 5.32. The van der Waals surface area contributed by atoms with Gasteiger partial charge in [0.25, 0.3) is 5.91 Å². The van der Waals surface area contributed by atoms with Gasteiger partial charge in [-0.2, -0.15) is 0 Å². The lowest BCUT2D eigenvalue weighted by Gasteiger charge is -2.37. The number of amides is 5. The number of carbonyl (C=O) groups excluding carboxylic acids is 4. The fourth-order valence-electron chi connectivity index (χ4n) is 5.10. The second-order valence-corrected chi connectivity index (χ2v) is 11.7. The molecule has 0 bridgehead atoms. The van der Waals surface area contributed by atoms with E-state index in [1.165, 1.54) is 4.90 Å². The van der Waals surface area contributed by atoms with Crippen LogP contribution >= 0.6 is 11.6 Å². The highest BCUT2D eigenvalue weighted by atomic mass is 35.5. The smallest absolute Gasteiger partial charge is 0.410 e. The van der Waals surface area contributed by atoms with E-state index in [4.69, 9.17) is 16.3 Å². The molecule has 4 rings (SSSR count). The first-order valence-corrected chi connectivity index (χ1v) is 13.8. The molecule has 0 aliphatic carbocycles. The molecular formula is C27H38ClN5O5. The minimum absolute atomic E-state index is 0.0921. The van der Waals surface area contributed by atoms with E-state index in [0.29, 0.717) is 35.3 Å². The Kier molecular flexibility index (Phi) is 8.82. The van der Waals surface area contributed by atoms with Crippen molar-refractivity contribution in [3.63, 3.8) is 0 Å². The third kappa shape index (κ3) is 7.17. The quantitative estimate of drug-likeness (QED) is 0.604. The Balaban J connectivity index is 1.22. The molecule has 11 heteroatoms. The van der Waals surface area contributed by atoms with Gasteiger partial charge in [-0.3, -0.25) is 24.7 Å². The average Bonchev–Trinajstić information content (AvgIpc) is 2.87. The van der Waals surface area contributed by atoms with Crippen molar-refractivity contribution in [1.29, 1.82) is 0 Å². The molecule has 3 heterocycles. The van der Waals surface area contributed by atoms with E-state index in [0.717, 1.165) is 52.0 Å². The van der Waals surface area contributed by atoms with Gasteiger partial charge < -0.3 is 14.5 Å². The van der Waals surface area contributed by atoms with Crippen LogP contribution in [-0.2, 0) is 9.53 Å². The van der Waals surface area contributed by atoms with Gasteiger partial charge in [-0.25, -0.2) is 9.59 Å². The Morgan fingerprint density at radius 1 is 1.00 bits per heavy atom. The van der Waals surface area contributed by atoms with Crippen LogP contribution in [0.3, 0.4) is 0 Å². The zero-order valence-corrected chi connectivity index (χ0v) is 23.3. The molecule has 3 fully saturated rings. The summed E-state index contributed by atoms with van der Waals surface area (Å²) in [6.45, 7) is 11.2. The molecule has 5 amide bonds. The van der Waals surface area contributed by atoms with Crippen molar-refractivity contribution < 1.29 is 23.9 Å². The molecule has 0 radical (unpaired) electrons. The summed E-state index contributed by atoms with van der Waals surface area (Å²) in [6, 6.07) is 4.41. The molecule has 3 aliphatic heterocycles. The topological polar surface area (TPSA) is 102 Å². The second kappa shape index (κ2) is 11.9. The van der Waals surface area contributed by atoms with Gasteiger partial charge in [0.05, 0.1) is 10.7 Å². The maximum atomic E-state index is 13.2. The van der Waals surface area contributed by atoms with E-state index in [1.807, 2.05) is 30.6 Å². The van der Waals surface area contributed by atoms with Crippen LogP contribution in [0.15, 0.2) is 18.2 Å². The Labute approximate surface area is 229 Å². The Hall–Kier alpha value is -2.85. The number of nitrogens with zero attached hydrogens (tertiary/aromatic N) is 4. The number of halogens is 1. The molecule has 1 aromatic rings. The predicted molar refractivity (Wildman–Crippen MR) is 144 cm³/mol. The molecule has 1 aromatic carbocycles. The molecular weight excluding hydrogens is 510 g/mol. The summed E-state index contributed by atoms with van der Waals surface area (Å²) < 4.78 is 5.49. The Morgan fingerprint density at radius 3 is 2.32 bits per heavy atom. The number of hydrogen-bond acceptors (Lipinski definition) is 6. The van der Waals surface area contributed by atoms with Crippen LogP contribution in [-0.4, -0.2) is 96.6 Å². The van der Waals surface area contributed by atoms with Crippen LogP contribution in [0.5, 0.6) is 0 Å². The zero-order chi connectivity index (χ0) is 27.4. The minimum Gasteiger partial charge on any atom is -0.444 e. The van der Waals surface area contributed by atoms with Gasteiger partial charge in [0, 0.05) is 57.8 Å². The SMILES string of the molecule is CC(C)(C)OC(=O)N1CCC(CCN2CCN(C(=O)c3ccc(Cl)c(N4CCC(=O)NC4=O)c3)CC2)CC1. The third-order valence-corrected chi connectivity index (χ3v) is 7.64. The number of piperidine rings is 1. The zero-order valence-electron chi connectivity index (χ0n) is 22.5. The molecule has 0 unspecified atom stereocenters. The standard InChI is InChI=1S/C27H38ClN5O5/c1-27(2,3)38-26(37)32-11-7-19(8-12-32)6-10-30-14-16-31(17-15-30)24(35)20-4-5-21(28)22(18-20)33-13-9-23(34)29-25(33)36/h4-5,18-19H,6-17H2,1-3H3,(H,29,34,36). The second-order valence-electron chi connectivity index (χ2n) is 11.3. The van der Waals surface area contributed by atoms with Gasteiger partial charge in [0.15, 0.2) is 0 Å². The molecule has 208 valence electrons. The number of hydrogen-bond donors (Lipinski definition) is 1. The summed E-state index contributed by atoms with van der Waals surface area (Å²) in [6.07, 6.45) is 3.01. The summed E-state index contributed by atoms with van der Waals surface area (Å²) in [5.74, 6) is 0.174. The van der Waals surface area contributed by atoms with Gasteiger partial charge in [0.1, 0.15) is 5.60 Å².